The lowest BCUT2D eigenvalue weighted by Crippen LogP contribution is -2.28. The van der Waals surface area contributed by atoms with E-state index in [0.29, 0.717) is 12.0 Å². The van der Waals surface area contributed by atoms with E-state index in [4.69, 9.17) is 9.84 Å². The smallest absolute Gasteiger partial charge is 0.306 e. The first-order valence-electron chi connectivity index (χ1n) is 5.49. The van der Waals surface area contributed by atoms with Crippen molar-refractivity contribution in [2.45, 2.75) is 45.6 Å². The summed E-state index contributed by atoms with van der Waals surface area (Å²) in [5.41, 5.74) is 0. The first-order valence-corrected chi connectivity index (χ1v) is 5.49. The summed E-state index contributed by atoms with van der Waals surface area (Å²) >= 11 is 0. The molecule has 1 aliphatic rings. The van der Waals surface area contributed by atoms with Crippen molar-refractivity contribution in [2.24, 2.45) is 11.8 Å². The molecule has 1 fully saturated rings. The van der Waals surface area contributed by atoms with Gasteiger partial charge in [0.1, 0.15) is 0 Å². The largest absolute Gasteiger partial charge is 0.481 e. The zero-order valence-corrected chi connectivity index (χ0v) is 9.03. The molecule has 0 aromatic carbocycles. The van der Waals surface area contributed by atoms with Crippen molar-refractivity contribution < 1.29 is 14.6 Å². The standard InChI is InChI=1S/C11H20O3/c1-3-14-10-6-4-9(5-7-10)8(2)11(12)13/h8-10H,3-7H2,1-2H3,(H,12,13). The van der Waals surface area contributed by atoms with E-state index in [1.54, 1.807) is 0 Å². The van der Waals surface area contributed by atoms with Gasteiger partial charge in [0.2, 0.25) is 0 Å². The monoisotopic (exact) mass is 200 g/mol. The minimum Gasteiger partial charge on any atom is -0.481 e. The molecule has 0 aliphatic heterocycles. The maximum absolute atomic E-state index is 10.8. The summed E-state index contributed by atoms with van der Waals surface area (Å²) in [4.78, 5) is 10.8. The van der Waals surface area contributed by atoms with Crippen LogP contribution >= 0.6 is 0 Å². The fourth-order valence-electron chi connectivity index (χ4n) is 2.19. The number of rotatable bonds is 4. The lowest BCUT2D eigenvalue weighted by molar-refractivity contribution is -0.143. The molecule has 1 atom stereocenters. The number of hydrogen-bond donors (Lipinski definition) is 1. The number of carboxylic acid groups (broad SMARTS) is 1. The molecule has 0 spiro atoms. The van der Waals surface area contributed by atoms with Crippen molar-refractivity contribution in [2.75, 3.05) is 6.61 Å². The second kappa shape index (κ2) is 5.35. The Bertz CT molecular complexity index is 183. The summed E-state index contributed by atoms with van der Waals surface area (Å²) < 4.78 is 5.52. The fourth-order valence-corrected chi connectivity index (χ4v) is 2.19. The van der Waals surface area contributed by atoms with Crippen molar-refractivity contribution >= 4 is 5.97 Å². The van der Waals surface area contributed by atoms with Crippen LogP contribution in [0.25, 0.3) is 0 Å². The molecule has 0 heterocycles. The van der Waals surface area contributed by atoms with E-state index in [1.807, 2.05) is 13.8 Å². The van der Waals surface area contributed by atoms with Crippen LogP contribution in [0.5, 0.6) is 0 Å². The lowest BCUT2D eigenvalue weighted by Gasteiger charge is -2.30. The molecule has 3 nitrogen and oxygen atoms in total. The SMILES string of the molecule is CCOC1CCC(C(C)C(=O)O)CC1. The Morgan fingerprint density at radius 2 is 2.00 bits per heavy atom. The van der Waals surface area contributed by atoms with Crippen LogP contribution in [0.15, 0.2) is 0 Å². The third-order valence-electron chi connectivity index (χ3n) is 3.22. The van der Waals surface area contributed by atoms with E-state index in [-0.39, 0.29) is 5.92 Å². The fraction of sp³-hybridized carbons (Fsp3) is 0.909. The first-order chi connectivity index (χ1) is 6.65. The minimum absolute atomic E-state index is 0.197. The molecule has 0 amide bonds. The van der Waals surface area contributed by atoms with E-state index < -0.39 is 5.97 Å². The maximum Gasteiger partial charge on any atom is 0.306 e. The molecular weight excluding hydrogens is 180 g/mol. The topological polar surface area (TPSA) is 46.5 Å². The molecule has 1 aliphatic carbocycles. The summed E-state index contributed by atoms with van der Waals surface area (Å²) in [5.74, 6) is -0.508. The molecule has 14 heavy (non-hydrogen) atoms. The van der Waals surface area contributed by atoms with Gasteiger partial charge in [-0.1, -0.05) is 6.92 Å². The molecule has 0 radical (unpaired) electrons. The molecule has 1 saturated carbocycles. The Balaban J connectivity index is 2.31. The van der Waals surface area contributed by atoms with Crippen LogP contribution in [-0.2, 0) is 9.53 Å². The van der Waals surface area contributed by atoms with Gasteiger partial charge in [0.15, 0.2) is 0 Å². The number of carboxylic acids is 1. The van der Waals surface area contributed by atoms with E-state index in [2.05, 4.69) is 0 Å². The van der Waals surface area contributed by atoms with Gasteiger partial charge in [0.05, 0.1) is 12.0 Å². The van der Waals surface area contributed by atoms with E-state index in [1.165, 1.54) is 0 Å². The van der Waals surface area contributed by atoms with Crippen molar-refractivity contribution in [1.82, 2.24) is 0 Å². The lowest BCUT2D eigenvalue weighted by atomic mass is 9.80. The van der Waals surface area contributed by atoms with Gasteiger partial charge in [-0.15, -0.1) is 0 Å². The first kappa shape index (κ1) is 11.5. The highest BCUT2D eigenvalue weighted by Crippen LogP contribution is 2.31. The molecule has 0 aromatic rings. The molecular formula is C11H20O3. The van der Waals surface area contributed by atoms with Crippen LogP contribution in [0, 0.1) is 11.8 Å². The third-order valence-corrected chi connectivity index (χ3v) is 3.22. The Labute approximate surface area is 85.5 Å². The second-order valence-corrected chi connectivity index (χ2v) is 4.12. The zero-order valence-electron chi connectivity index (χ0n) is 9.03. The van der Waals surface area contributed by atoms with Gasteiger partial charge in [-0.25, -0.2) is 0 Å². The van der Waals surface area contributed by atoms with Crippen molar-refractivity contribution in [3.63, 3.8) is 0 Å². The predicted octanol–water partition coefficient (Wildman–Crippen LogP) is 2.30. The zero-order chi connectivity index (χ0) is 10.6. The van der Waals surface area contributed by atoms with Crippen LogP contribution in [0.1, 0.15) is 39.5 Å². The van der Waals surface area contributed by atoms with Gasteiger partial charge in [0.25, 0.3) is 0 Å². The van der Waals surface area contributed by atoms with Gasteiger partial charge in [-0.2, -0.15) is 0 Å². The number of hydrogen-bond acceptors (Lipinski definition) is 2. The molecule has 1 N–H and O–H groups in total. The van der Waals surface area contributed by atoms with Gasteiger partial charge in [0, 0.05) is 6.61 Å². The highest BCUT2D eigenvalue weighted by atomic mass is 16.5. The Morgan fingerprint density at radius 3 is 2.43 bits per heavy atom. The summed E-state index contributed by atoms with van der Waals surface area (Å²) in [5, 5.41) is 8.87. The third kappa shape index (κ3) is 2.98. The van der Waals surface area contributed by atoms with E-state index in [0.717, 1.165) is 32.3 Å². The van der Waals surface area contributed by atoms with Gasteiger partial charge in [-0.05, 0) is 38.5 Å². The normalized spacial score (nSPS) is 29.9. The number of aliphatic carboxylic acids is 1. The van der Waals surface area contributed by atoms with Crippen LogP contribution in [-0.4, -0.2) is 23.8 Å². The van der Waals surface area contributed by atoms with Crippen molar-refractivity contribution in [1.29, 1.82) is 0 Å². The quantitative estimate of drug-likeness (QED) is 0.757. The van der Waals surface area contributed by atoms with Gasteiger partial charge >= 0.3 is 5.97 Å². The molecule has 0 saturated heterocycles. The number of carbonyl (C=O) groups is 1. The minimum atomic E-state index is -0.662. The average Bonchev–Trinajstić information content (AvgIpc) is 2.18. The average molecular weight is 200 g/mol. The van der Waals surface area contributed by atoms with Crippen LogP contribution in [0.2, 0.25) is 0 Å². The Kier molecular flexibility index (Phi) is 4.39. The van der Waals surface area contributed by atoms with Crippen LogP contribution in [0.4, 0.5) is 0 Å². The molecule has 0 bridgehead atoms. The van der Waals surface area contributed by atoms with E-state index >= 15 is 0 Å². The molecule has 1 rings (SSSR count). The molecule has 82 valence electrons. The Morgan fingerprint density at radius 1 is 1.43 bits per heavy atom. The van der Waals surface area contributed by atoms with Crippen molar-refractivity contribution in [3.8, 4) is 0 Å². The van der Waals surface area contributed by atoms with Gasteiger partial charge < -0.3 is 9.84 Å². The van der Waals surface area contributed by atoms with Crippen LogP contribution < -0.4 is 0 Å². The summed E-state index contributed by atoms with van der Waals surface area (Å²) in [6.45, 7) is 4.59. The van der Waals surface area contributed by atoms with Crippen molar-refractivity contribution in [3.05, 3.63) is 0 Å². The Hall–Kier alpha value is -0.570. The van der Waals surface area contributed by atoms with Gasteiger partial charge in [-0.3, -0.25) is 4.79 Å². The highest BCUT2D eigenvalue weighted by Gasteiger charge is 2.28. The number of ether oxygens (including phenoxy) is 1. The molecule has 0 aromatic heterocycles. The molecule has 3 heteroatoms. The van der Waals surface area contributed by atoms with Crippen LogP contribution in [0.3, 0.4) is 0 Å². The second-order valence-electron chi connectivity index (χ2n) is 4.12. The summed E-state index contributed by atoms with van der Waals surface area (Å²) in [6, 6.07) is 0. The maximum atomic E-state index is 10.8. The predicted molar refractivity (Wildman–Crippen MR) is 54.2 cm³/mol. The van der Waals surface area contributed by atoms with E-state index in [9.17, 15) is 4.79 Å². The summed E-state index contributed by atoms with van der Waals surface area (Å²) in [6.07, 6.45) is 4.42. The summed E-state index contributed by atoms with van der Waals surface area (Å²) in [7, 11) is 0. The molecule has 1 unspecified atom stereocenters. The highest BCUT2D eigenvalue weighted by molar-refractivity contribution is 5.69.